The van der Waals surface area contributed by atoms with Gasteiger partial charge in [0.2, 0.25) is 11.7 Å². The van der Waals surface area contributed by atoms with Gasteiger partial charge >= 0.3 is 12.2 Å². The van der Waals surface area contributed by atoms with E-state index >= 15 is 0 Å². The average molecular weight is 685 g/mol. The molecule has 1 aliphatic heterocycles. The third kappa shape index (κ3) is 7.90. The number of halogens is 3. The van der Waals surface area contributed by atoms with Gasteiger partial charge in [-0.1, -0.05) is 68.8 Å². The van der Waals surface area contributed by atoms with Crippen LogP contribution in [-0.4, -0.2) is 44.7 Å². The Kier molecular flexibility index (Phi) is 9.55. The fraction of sp³-hybridized carbons (Fsp3) is 0.316. The number of carbonyl (C=O) groups is 2. The number of nitrogens with zero attached hydrogens (tertiary/aromatic N) is 4. The summed E-state index contributed by atoms with van der Waals surface area (Å²) in [6, 6.07) is 25.1. The lowest BCUT2D eigenvalue weighted by molar-refractivity contribution is -0.153. The maximum atomic E-state index is 13.8. The minimum Gasteiger partial charge on any atom is -0.431 e. The van der Waals surface area contributed by atoms with Crippen molar-refractivity contribution in [1.29, 1.82) is 0 Å². The van der Waals surface area contributed by atoms with E-state index in [1.54, 1.807) is 35.0 Å². The highest BCUT2D eigenvalue weighted by Gasteiger charge is 2.43. The summed E-state index contributed by atoms with van der Waals surface area (Å²) in [5, 5.41) is 10.6. The highest BCUT2D eigenvalue weighted by atomic mass is 19.4. The number of anilines is 2. The van der Waals surface area contributed by atoms with E-state index in [2.05, 4.69) is 36.4 Å². The lowest BCUT2D eigenvalue weighted by atomic mass is 9.90. The van der Waals surface area contributed by atoms with Crippen molar-refractivity contribution in [2.24, 2.45) is 5.92 Å². The first-order chi connectivity index (χ1) is 23.7. The molecule has 2 N–H and O–H groups in total. The van der Waals surface area contributed by atoms with E-state index in [1.165, 1.54) is 4.90 Å². The summed E-state index contributed by atoms with van der Waals surface area (Å²) in [6.07, 6.45) is -2.87. The molecule has 12 heteroatoms. The Morgan fingerprint density at radius 1 is 0.900 bits per heavy atom. The molecule has 0 radical (unpaired) electrons. The molecule has 5 aromatic rings. The van der Waals surface area contributed by atoms with Gasteiger partial charge in [-0.3, -0.25) is 10.1 Å². The standard InChI is InChI=1S/C38H39F3N6O3/c1-24-10-16-29(17-11-24)47-31(23-30(45-47)37(2,3)4)43-36(49)42-28-14-12-25(13-15-28)22-26-18-20-46(21-19-26)35(48)32-33(38(39,40)41)50-34(44-32)27-8-6-5-7-9-27/h5-17,23,26H,18-22H2,1-4H3,(H2,42,43,49). The van der Waals surface area contributed by atoms with E-state index in [9.17, 15) is 22.8 Å². The Bertz CT molecular complexity index is 1950. The molecule has 50 heavy (non-hydrogen) atoms. The van der Waals surface area contributed by atoms with E-state index < -0.39 is 29.6 Å². The molecule has 1 fully saturated rings. The van der Waals surface area contributed by atoms with Crippen LogP contribution in [0.5, 0.6) is 0 Å². The smallest absolute Gasteiger partial charge is 0.431 e. The molecule has 3 heterocycles. The summed E-state index contributed by atoms with van der Waals surface area (Å²) < 4.78 is 48.2. The highest BCUT2D eigenvalue weighted by molar-refractivity contribution is 5.99. The average Bonchev–Trinajstić information content (AvgIpc) is 3.73. The molecule has 3 aromatic carbocycles. The van der Waals surface area contributed by atoms with Gasteiger partial charge in [-0.25, -0.2) is 14.5 Å². The van der Waals surface area contributed by atoms with E-state index in [-0.39, 0.29) is 17.2 Å². The second-order valence-electron chi connectivity index (χ2n) is 13.7. The zero-order valence-corrected chi connectivity index (χ0v) is 28.3. The van der Waals surface area contributed by atoms with Crippen LogP contribution < -0.4 is 10.6 Å². The number of benzene rings is 3. The predicted molar refractivity (Wildman–Crippen MR) is 185 cm³/mol. The molecule has 0 aliphatic carbocycles. The van der Waals surface area contributed by atoms with E-state index in [0.717, 1.165) is 28.9 Å². The number of urea groups is 1. The number of hydrogen-bond acceptors (Lipinski definition) is 5. The number of rotatable bonds is 7. The van der Waals surface area contributed by atoms with Crippen LogP contribution in [0.1, 0.15) is 66.7 Å². The van der Waals surface area contributed by atoms with Crippen LogP contribution in [0.4, 0.5) is 29.5 Å². The number of piperidine rings is 1. The molecule has 0 bridgehead atoms. The molecule has 3 amide bonds. The fourth-order valence-electron chi connectivity index (χ4n) is 5.91. The van der Waals surface area contributed by atoms with Crippen LogP contribution in [0.2, 0.25) is 0 Å². The number of nitrogens with one attached hydrogen (secondary N) is 2. The van der Waals surface area contributed by atoms with Gasteiger partial charge in [0, 0.05) is 35.8 Å². The molecule has 6 rings (SSSR count). The highest BCUT2D eigenvalue weighted by Crippen LogP contribution is 2.36. The normalized spacial score (nSPS) is 14.1. The Morgan fingerprint density at radius 2 is 1.56 bits per heavy atom. The number of aromatic nitrogens is 3. The summed E-state index contributed by atoms with van der Waals surface area (Å²) >= 11 is 0. The van der Waals surface area contributed by atoms with Crippen molar-refractivity contribution >= 4 is 23.4 Å². The third-order valence-corrected chi connectivity index (χ3v) is 8.74. The van der Waals surface area contributed by atoms with Crippen molar-refractivity contribution in [3.8, 4) is 17.1 Å². The van der Waals surface area contributed by atoms with Crippen LogP contribution in [0.15, 0.2) is 89.3 Å². The third-order valence-electron chi connectivity index (χ3n) is 8.74. The second-order valence-corrected chi connectivity index (χ2v) is 13.7. The Labute approximate surface area is 288 Å². The van der Waals surface area contributed by atoms with Crippen molar-refractivity contribution in [1.82, 2.24) is 19.7 Å². The SMILES string of the molecule is Cc1ccc(-n2nc(C(C)(C)C)cc2NC(=O)Nc2ccc(CC3CCN(C(=O)c4nc(-c5ccccc5)oc4C(F)(F)F)CC3)cc2)cc1. The number of carbonyl (C=O) groups excluding carboxylic acids is 2. The molecule has 0 atom stereocenters. The maximum absolute atomic E-state index is 13.8. The van der Waals surface area contributed by atoms with Gasteiger partial charge < -0.3 is 14.6 Å². The first-order valence-corrected chi connectivity index (χ1v) is 16.5. The minimum absolute atomic E-state index is 0.217. The first kappa shape index (κ1) is 34.5. The molecule has 9 nitrogen and oxygen atoms in total. The first-order valence-electron chi connectivity index (χ1n) is 16.5. The van der Waals surface area contributed by atoms with Gasteiger partial charge in [-0.15, -0.1) is 0 Å². The quantitative estimate of drug-likeness (QED) is 0.178. The van der Waals surface area contributed by atoms with E-state index in [0.29, 0.717) is 43.0 Å². The number of oxazole rings is 1. The largest absolute Gasteiger partial charge is 0.452 e. The lowest BCUT2D eigenvalue weighted by Crippen LogP contribution is -2.39. The van der Waals surface area contributed by atoms with Crippen molar-refractivity contribution in [3.63, 3.8) is 0 Å². The zero-order chi connectivity index (χ0) is 35.6. The van der Waals surface area contributed by atoms with Gasteiger partial charge in [-0.2, -0.15) is 18.3 Å². The molecule has 0 saturated carbocycles. The number of likely N-dealkylation sites (tertiary alicyclic amines) is 1. The van der Waals surface area contributed by atoms with Gasteiger partial charge in [0.15, 0.2) is 5.69 Å². The monoisotopic (exact) mass is 684 g/mol. The van der Waals surface area contributed by atoms with Crippen molar-refractivity contribution in [2.45, 2.75) is 58.5 Å². The fourth-order valence-corrected chi connectivity index (χ4v) is 5.91. The van der Waals surface area contributed by atoms with Crippen molar-refractivity contribution < 1.29 is 27.2 Å². The van der Waals surface area contributed by atoms with Crippen LogP contribution in [0.3, 0.4) is 0 Å². The molecular formula is C38H39F3N6O3. The number of aryl methyl sites for hydroxylation is 1. The summed E-state index contributed by atoms with van der Waals surface area (Å²) in [5.41, 5.74) is 3.90. The van der Waals surface area contributed by atoms with Crippen molar-refractivity contribution in [2.75, 3.05) is 23.7 Å². The number of amides is 3. The molecular weight excluding hydrogens is 645 g/mol. The van der Waals surface area contributed by atoms with Gasteiger partial charge in [0.1, 0.15) is 5.82 Å². The molecule has 0 spiro atoms. The van der Waals surface area contributed by atoms with Gasteiger partial charge in [-0.05, 0) is 74.1 Å². The second kappa shape index (κ2) is 13.9. The van der Waals surface area contributed by atoms with Crippen LogP contribution in [-0.2, 0) is 18.0 Å². The van der Waals surface area contributed by atoms with Gasteiger partial charge in [0.25, 0.3) is 5.91 Å². The summed E-state index contributed by atoms with van der Waals surface area (Å²) in [6.45, 7) is 8.83. The van der Waals surface area contributed by atoms with Crippen molar-refractivity contribution in [3.05, 3.63) is 113 Å². The van der Waals surface area contributed by atoms with Crippen LogP contribution in [0.25, 0.3) is 17.1 Å². The topological polar surface area (TPSA) is 105 Å². The zero-order valence-electron chi connectivity index (χ0n) is 28.3. The summed E-state index contributed by atoms with van der Waals surface area (Å²) in [5.74, 6) is -1.62. The molecule has 2 aromatic heterocycles. The number of hydrogen-bond donors (Lipinski definition) is 2. The predicted octanol–water partition coefficient (Wildman–Crippen LogP) is 8.89. The Balaban J connectivity index is 1.05. The minimum atomic E-state index is -4.86. The van der Waals surface area contributed by atoms with Crippen LogP contribution in [0, 0.1) is 12.8 Å². The molecule has 1 aliphatic rings. The van der Waals surface area contributed by atoms with Crippen LogP contribution >= 0.6 is 0 Å². The summed E-state index contributed by atoms with van der Waals surface area (Å²) in [7, 11) is 0. The van der Waals surface area contributed by atoms with Gasteiger partial charge in [0.05, 0.1) is 11.4 Å². The molecule has 260 valence electrons. The maximum Gasteiger partial charge on any atom is 0.452 e. The van der Waals surface area contributed by atoms with E-state index in [1.807, 2.05) is 61.5 Å². The number of alkyl halides is 3. The molecule has 0 unspecified atom stereocenters. The Morgan fingerprint density at radius 3 is 2.18 bits per heavy atom. The van der Waals surface area contributed by atoms with E-state index in [4.69, 9.17) is 9.52 Å². The summed E-state index contributed by atoms with van der Waals surface area (Å²) in [4.78, 5) is 31.7. The Hall–Kier alpha value is -5.39. The molecule has 1 saturated heterocycles. The lowest BCUT2D eigenvalue weighted by Gasteiger charge is -2.31.